The van der Waals surface area contributed by atoms with Gasteiger partial charge in [0.15, 0.2) is 0 Å². The van der Waals surface area contributed by atoms with Gasteiger partial charge in [0.05, 0.1) is 5.69 Å². The van der Waals surface area contributed by atoms with Gasteiger partial charge in [-0.25, -0.2) is 5.10 Å². The van der Waals surface area contributed by atoms with E-state index >= 15 is 0 Å². The number of nitrogens with zero attached hydrogens (tertiary/aromatic N) is 1. The zero-order chi connectivity index (χ0) is 9.30. The lowest BCUT2D eigenvalue weighted by molar-refractivity contribution is 0.759. The third kappa shape index (κ3) is 1.40. The van der Waals surface area contributed by atoms with Gasteiger partial charge in [-0.1, -0.05) is 13.8 Å². The summed E-state index contributed by atoms with van der Waals surface area (Å²) in [5, 5.41) is 6.49. The van der Waals surface area contributed by atoms with E-state index in [0.717, 1.165) is 16.8 Å². The molecule has 1 N–H and O–H groups in total. The highest BCUT2D eigenvalue weighted by Crippen LogP contribution is 2.15. The summed E-state index contributed by atoms with van der Waals surface area (Å²) < 4.78 is 0. The summed E-state index contributed by atoms with van der Waals surface area (Å²) in [5.74, 6) is 0.362. The van der Waals surface area contributed by atoms with E-state index in [4.69, 9.17) is 0 Å². The topological polar surface area (TPSA) is 45.8 Å². The van der Waals surface area contributed by atoms with Crippen molar-refractivity contribution in [2.24, 2.45) is 0 Å². The number of aromatic nitrogens is 2. The SMILES string of the molecule is Cc1c(C(C)C)n[nH]c(=O)c1C. The number of hydrogen-bond donors (Lipinski definition) is 1. The van der Waals surface area contributed by atoms with Crippen LogP contribution in [0.15, 0.2) is 4.79 Å². The molecule has 0 saturated carbocycles. The number of hydrogen-bond acceptors (Lipinski definition) is 2. The van der Waals surface area contributed by atoms with E-state index < -0.39 is 0 Å². The zero-order valence-electron chi connectivity index (χ0n) is 7.93. The third-order valence-electron chi connectivity index (χ3n) is 2.11. The highest BCUT2D eigenvalue weighted by Gasteiger charge is 2.08. The molecule has 1 heterocycles. The van der Waals surface area contributed by atoms with E-state index in [1.807, 2.05) is 13.8 Å². The summed E-state index contributed by atoms with van der Waals surface area (Å²) in [6.07, 6.45) is 0. The second-order valence-corrected chi connectivity index (χ2v) is 3.34. The fourth-order valence-corrected chi connectivity index (χ4v) is 1.20. The van der Waals surface area contributed by atoms with Gasteiger partial charge in [0, 0.05) is 5.56 Å². The first-order valence-corrected chi connectivity index (χ1v) is 4.09. The van der Waals surface area contributed by atoms with Crippen molar-refractivity contribution in [3.8, 4) is 0 Å². The van der Waals surface area contributed by atoms with Crippen molar-refractivity contribution in [1.29, 1.82) is 0 Å². The maximum atomic E-state index is 11.1. The molecule has 1 aromatic rings. The highest BCUT2D eigenvalue weighted by atomic mass is 16.1. The van der Waals surface area contributed by atoms with Crippen LogP contribution in [0.4, 0.5) is 0 Å². The van der Waals surface area contributed by atoms with Gasteiger partial charge in [-0.05, 0) is 25.3 Å². The van der Waals surface area contributed by atoms with Crippen LogP contribution in [-0.2, 0) is 0 Å². The monoisotopic (exact) mass is 166 g/mol. The Morgan fingerprint density at radius 2 is 1.83 bits per heavy atom. The van der Waals surface area contributed by atoms with E-state index in [-0.39, 0.29) is 5.56 Å². The predicted molar refractivity (Wildman–Crippen MR) is 48.4 cm³/mol. The first-order valence-electron chi connectivity index (χ1n) is 4.09. The molecule has 66 valence electrons. The molecule has 0 fully saturated rings. The Kier molecular flexibility index (Phi) is 2.31. The number of rotatable bonds is 1. The lowest BCUT2D eigenvalue weighted by Crippen LogP contribution is -2.16. The molecule has 0 unspecified atom stereocenters. The molecule has 1 rings (SSSR count). The third-order valence-corrected chi connectivity index (χ3v) is 2.11. The molecular formula is C9H14N2O. The Morgan fingerprint density at radius 1 is 1.25 bits per heavy atom. The molecule has 12 heavy (non-hydrogen) atoms. The minimum atomic E-state index is -0.0862. The lowest BCUT2D eigenvalue weighted by Gasteiger charge is -2.08. The quantitative estimate of drug-likeness (QED) is 0.687. The van der Waals surface area contributed by atoms with Gasteiger partial charge in [0.25, 0.3) is 5.56 Å². The van der Waals surface area contributed by atoms with E-state index in [1.165, 1.54) is 0 Å². The zero-order valence-corrected chi connectivity index (χ0v) is 7.93. The van der Waals surface area contributed by atoms with Crippen molar-refractivity contribution in [2.75, 3.05) is 0 Å². The maximum absolute atomic E-state index is 11.1. The summed E-state index contributed by atoms with van der Waals surface area (Å²) in [6, 6.07) is 0. The van der Waals surface area contributed by atoms with Crippen molar-refractivity contribution >= 4 is 0 Å². The number of nitrogens with one attached hydrogen (secondary N) is 1. The van der Waals surface area contributed by atoms with Crippen molar-refractivity contribution in [3.05, 3.63) is 27.2 Å². The second kappa shape index (κ2) is 3.09. The standard InChI is InChI=1S/C9H14N2O/c1-5(2)8-6(3)7(4)9(12)11-10-8/h5H,1-4H3,(H,11,12). The van der Waals surface area contributed by atoms with Gasteiger partial charge < -0.3 is 0 Å². The van der Waals surface area contributed by atoms with E-state index in [1.54, 1.807) is 0 Å². The fraction of sp³-hybridized carbons (Fsp3) is 0.556. The van der Waals surface area contributed by atoms with Gasteiger partial charge in [0.1, 0.15) is 0 Å². The van der Waals surface area contributed by atoms with Gasteiger partial charge in [-0.15, -0.1) is 0 Å². The molecule has 0 aliphatic rings. The normalized spacial score (nSPS) is 10.8. The average molecular weight is 166 g/mol. The molecule has 0 bridgehead atoms. The van der Waals surface area contributed by atoms with Crippen LogP contribution < -0.4 is 5.56 Å². The summed E-state index contributed by atoms with van der Waals surface area (Å²) >= 11 is 0. The minimum Gasteiger partial charge on any atom is -0.268 e. The largest absolute Gasteiger partial charge is 0.268 e. The van der Waals surface area contributed by atoms with E-state index in [9.17, 15) is 4.79 Å². The molecule has 0 atom stereocenters. The number of aromatic amines is 1. The van der Waals surface area contributed by atoms with Crippen LogP contribution >= 0.6 is 0 Å². The molecule has 0 saturated heterocycles. The van der Waals surface area contributed by atoms with Crippen molar-refractivity contribution in [2.45, 2.75) is 33.6 Å². The number of H-pyrrole nitrogens is 1. The Hall–Kier alpha value is -1.12. The average Bonchev–Trinajstić information content (AvgIpc) is 2.00. The Bertz CT molecular complexity index is 339. The van der Waals surface area contributed by atoms with Gasteiger partial charge in [0.2, 0.25) is 0 Å². The molecule has 1 aromatic heterocycles. The van der Waals surface area contributed by atoms with Crippen LogP contribution in [0.5, 0.6) is 0 Å². The molecular weight excluding hydrogens is 152 g/mol. The molecule has 3 heteroatoms. The molecule has 0 radical (unpaired) electrons. The molecule has 0 aliphatic heterocycles. The van der Waals surface area contributed by atoms with Crippen LogP contribution in [0.2, 0.25) is 0 Å². The lowest BCUT2D eigenvalue weighted by atomic mass is 10.0. The minimum absolute atomic E-state index is 0.0862. The smallest absolute Gasteiger partial charge is 0.267 e. The Labute approximate surface area is 71.8 Å². The summed E-state index contributed by atoms with van der Waals surface area (Å²) in [5.41, 5.74) is 2.67. The van der Waals surface area contributed by atoms with Crippen molar-refractivity contribution in [3.63, 3.8) is 0 Å². The first kappa shape index (κ1) is 8.97. The fourth-order valence-electron chi connectivity index (χ4n) is 1.20. The molecule has 0 aliphatic carbocycles. The maximum Gasteiger partial charge on any atom is 0.267 e. The van der Waals surface area contributed by atoms with Crippen molar-refractivity contribution < 1.29 is 0 Å². The summed E-state index contributed by atoms with van der Waals surface area (Å²) in [7, 11) is 0. The van der Waals surface area contributed by atoms with Gasteiger partial charge in [-0.3, -0.25) is 4.79 Å². The predicted octanol–water partition coefficient (Wildman–Crippen LogP) is 1.51. The Morgan fingerprint density at radius 3 is 2.33 bits per heavy atom. The van der Waals surface area contributed by atoms with E-state index in [2.05, 4.69) is 24.0 Å². The van der Waals surface area contributed by atoms with Crippen molar-refractivity contribution in [1.82, 2.24) is 10.2 Å². The second-order valence-electron chi connectivity index (χ2n) is 3.34. The van der Waals surface area contributed by atoms with Crippen LogP contribution in [0.25, 0.3) is 0 Å². The van der Waals surface area contributed by atoms with Crippen LogP contribution in [0.3, 0.4) is 0 Å². The van der Waals surface area contributed by atoms with Gasteiger partial charge >= 0.3 is 0 Å². The summed E-state index contributed by atoms with van der Waals surface area (Å²) in [4.78, 5) is 11.1. The molecule has 3 nitrogen and oxygen atoms in total. The molecule has 0 aromatic carbocycles. The van der Waals surface area contributed by atoms with E-state index in [0.29, 0.717) is 5.92 Å². The summed E-state index contributed by atoms with van der Waals surface area (Å²) in [6.45, 7) is 7.88. The van der Waals surface area contributed by atoms with Crippen LogP contribution in [0.1, 0.15) is 36.6 Å². The molecule has 0 amide bonds. The van der Waals surface area contributed by atoms with Crippen LogP contribution in [-0.4, -0.2) is 10.2 Å². The van der Waals surface area contributed by atoms with Crippen LogP contribution in [0, 0.1) is 13.8 Å². The highest BCUT2D eigenvalue weighted by molar-refractivity contribution is 5.26. The molecule has 0 spiro atoms. The van der Waals surface area contributed by atoms with Gasteiger partial charge in [-0.2, -0.15) is 5.10 Å². The Balaban J connectivity index is 3.36. The first-order chi connectivity index (χ1) is 5.54.